The Balaban J connectivity index is 1.64. The number of aryl methyl sites for hydroxylation is 1. The van der Waals surface area contributed by atoms with Crippen LogP contribution in [0.15, 0.2) is 53.9 Å². The van der Waals surface area contributed by atoms with E-state index in [-0.39, 0.29) is 18.4 Å². The Morgan fingerprint density at radius 3 is 2.64 bits per heavy atom. The zero-order chi connectivity index (χ0) is 17.4. The fourth-order valence-corrected chi connectivity index (χ4v) is 3.62. The van der Waals surface area contributed by atoms with E-state index in [1.165, 1.54) is 4.90 Å². The summed E-state index contributed by atoms with van der Waals surface area (Å²) in [4.78, 5) is 30.8. The van der Waals surface area contributed by atoms with Gasteiger partial charge in [-0.05, 0) is 31.2 Å². The molecular weight excluding hydrogens is 334 g/mol. The lowest BCUT2D eigenvalue weighted by Crippen LogP contribution is -2.42. The number of carbonyl (C=O) groups is 2. The Hall–Kier alpha value is -2.99. The molecule has 0 saturated carbocycles. The predicted molar refractivity (Wildman–Crippen MR) is 99.0 cm³/mol. The third-order valence-electron chi connectivity index (χ3n) is 4.01. The molecule has 1 aromatic heterocycles. The SMILES string of the molecule is Cc1csc(-c2ccc(C(=O)N3CC(=O)Nc4ccccc43)cc2)n1. The molecule has 2 amide bonds. The molecule has 0 spiro atoms. The van der Waals surface area contributed by atoms with Gasteiger partial charge in [0.1, 0.15) is 11.6 Å². The van der Waals surface area contributed by atoms with Crippen molar-refractivity contribution in [3.63, 3.8) is 0 Å². The van der Waals surface area contributed by atoms with E-state index in [4.69, 9.17) is 0 Å². The van der Waals surface area contributed by atoms with Crippen molar-refractivity contribution in [1.29, 1.82) is 0 Å². The number of thiazole rings is 1. The van der Waals surface area contributed by atoms with Crippen molar-refractivity contribution in [3.05, 3.63) is 65.2 Å². The van der Waals surface area contributed by atoms with Gasteiger partial charge in [0.2, 0.25) is 5.91 Å². The zero-order valence-corrected chi connectivity index (χ0v) is 14.3. The molecule has 1 N–H and O–H groups in total. The van der Waals surface area contributed by atoms with Crippen molar-refractivity contribution in [2.24, 2.45) is 0 Å². The van der Waals surface area contributed by atoms with Crippen molar-refractivity contribution in [3.8, 4) is 10.6 Å². The Bertz CT molecular complexity index is 963. The third kappa shape index (κ3) is 2.92. The molecule has 0 unspecified atom stereocenters. The van der Waals surface area contributed by atoms with E-state index in [1.807, 2.05) is 42.6 Å². The molecular formula is C19H15N3O2S. The minimum absolute atomic E-state index is 0.0171. The van der Waals surface area contributed by atoms with Crippen LogP contribution in [0, 0.1) is 6.92 Å². The molecule has 0 atom stereocenters. The van der Waals surface area contributed by atoms with Crippen molar-refractivity contribution < 1.29 is 9.59 Å². The lowest BCUT2D eigenvalue weighted by Gasteiger charge is -2.29. The number of rotatable bonds is 2. The molecule has 0 aliphatic carbocycles. The largest absolute Gasteiger partial charge is 0.323 e. The number of amides is 2. The first-order valence-corrected chi connectivity index (χ1v) is 8.73. The number of nitrogens with one attached hydrogen (secondary N) is 1. The highest BCUT2D eigenvalue weighted by Gasteiger charge is 2.27. The van der Waals surface area contributed by atoms with Crippen molar-refractivity contribution >= 4 is 34.5 Å². The summed E-state index contributed by atoms with van der Waals surface area (Å²) in [6.07, 6.45) is 0. The highest BCUT2D eigenvalue weighted by atomic mass is 32.1. The molecule has 5 nitrogen and oxygen atoms in total. The molecule has 1 aliphatic rings. The Morgan fingerprint density at radius 2 is 1.92 bits per heavy atom. The Kier molecular flexibility index (Phi) is 3.82. The number of para-hydroxylation sites is 2. The van der Waals surface area contributed by atoms with Gasteiger partial charge in [-0.1, -0.05) is 24.3 Å². The molecule has 25 heavy (non-hydrogen) atoms. The monoisotopic (exact) mass is 349 g/mol. The maximum absolute atomic E-state index is 12.9. The second-order valence-electron chi connectivity index (χ2n) is 5.83. The van der Waals surface area contributed by atoms with E-state index >= 15 is 0 Å². The van der Waals surface area contributed by atoms with Crippen LogP contribution < -0.4 is 10.2 Å². The summed E-state index contributed by atoms with van der Waals surface area (Å²) in [5.41, 5.74) is 3.87. The summed E-state index contributed by atoms with van der Waals surface area (Å²) in [6.45, 7) is 1.97. The average Bonchev–Trinajstić information content (AvgIpc) is 3.07. The molecule has 1 aliphatic heterocycles. The van der Waals surface area contributed by atoms with E-state index in [0.717, 1.165) is 16.3 Å². The molecule has 2 heterocycles. The first-order chi connectivity index (χ1) is 12.1. The van der Waals surface area contributed by atoms with E-state index in [0.29, 0.717) is 16.9 Å². The van der Waals surface area contributed by atoms with Gasteiger partial charge in [-0.15, -0.1) is 11.3 Å². The van der Waals surface area contributed by atoms with E-state index < -0.39 is 0 Å². The molecule has 6 heteroatoms. The topological polar surface area (TPSA) is 62.3 Å². The number of hydrogen-bond donors (Lipinski definition) is 1. The molecule has 3 aromatic rings. The lowest BCUT2D eigenvalue weighted by atomic mass is 10.1. The number of hydrogen-bond acceptors (Lipinski definition) is 4. The maximum atomic E-state index is 12.9. The first kappa shape index (κ1) is 15.5. The number of benzene rings is 2. The van der Waals surface area contributed by atoms with Crippen LogP contribution in [0.3, 0.4) is 0 Å². The number of aromatic nitrogens is 1. The molecule has 0 saturated heterocycles. The smallest absolute Gasteiger partial charge is 0.258 e. The van der Waals surface area contributed by atoms with Crippen LogP contribution in [0.1, 0.15) is 16.1 Å². The quantitative estimate of drug-likeness (QED) is 0.767. The summed E-state index contributed by atoms with van der Waals surface area (Å²) in [5.74, 6) is -0.383. The van der Waals surface area contributed by atoms with Crippen LogP contribution in [0.25, 0.3) is 10.6 Å². The summed E-state index contributed by atoms with van der Waals surface area (Å²) in [5, 5.41) is 5.72. The van der Waals surface area contributed by atoms with Gasteiger partial charge in [-0.25, -0.2) is 4.98 Å². The molecule has 2 aromatic carbocycles. The predicted octanol–water partition coefficient (Wildman–Crippen LogP) is 3.72. The Morgan fingerprint density at radius 1 is 1.16 bits per heavy atom. The van der Waals surface area contributed by atoms with Crippen molar-refractivity contribution in [2.75, 3.05) is 16.8 Å². The average molecular weight is 349 g/mol. The second-order valence-corrected chi connectivity index (χ2v) is 6.69. The number of anilines is 2. The van der Waals surface area contributed by atoms with Gasteiger partial charge in [0.05, 0.1) is 11.4 Å². The van der Waals surface area contributed by atoms with Gasteiger partial charge >= 0.3 is 0 Å². The fourth-order valence-electron chi connectivity index (χ4n) is 2.81. The summed E-state index contributed by atoms with van der Waals surface area (Å²) in [7, 11) is 0. The fraction of sp³-hybridized carbons (Fsp3) is 0.105. The van der Waals surface area contributed by atoms with Gasteiger partial charge < -0.3 is 5.32 Å². The standard InChI is InChI=1S/C19H15N3O2S/c1-12-11-25-18(20-12)13-6-8-14(9-7-13)19(24)22-10-17(23)21-15-4-2-3-5-16(15)22/h2-9,11H,10H2,1H3,(H,21,23). The van der Waals surface area contributed by atoms with Crippen LogP contribution in [0.5, 0.6) is 0 Å². The van der Waals surface area contributed by atoms with Crippen molar-refractivity contribution in [2.45, 2.75) is 6.92 Å². The Labute approximate surface area is 148 Å². The number of carbonyl (C=O) groups excluding carboxylic acids is 2. The van der Waals surface area contributed by atoms with Gasteiger partial charge in [0.25, 0.3) is 5.91 Å². The molecule has 0 radical (unpaired) electrons. The highest BCUT2D eigenvalue weighted by Crippen LogP contribution is 2.30. The van der Waals surface area contributed by atoms with E-state index in [9.17, 15) is 9.59 Å². The van der Waals surface area contributed by atoms with Gasteiger partial charge in [-0.2, -0.15) is 0 Å². The minimum Gasteiger partial charge on any atom is -0.323 e. The van der Waals surface area contributed by atoms with Gasteiger partial charge in [0.15, 0.2) is 0 Å². The van der Waals surface area contributed by atoms with Gasteiger partial charge in [-0.3, -0.25) is 14.5 Å². The van der Waals surface area contributed by atoms with Crippen molar-refractivity contribution in [1.82, 2.24) is 4.98 Å². The summed E-state index contributed by atoms with van der Waals surface area (Å²) < 4.78 is 0. The molecule has 4 rings (SSSR count). The number of nitrogens with zero attached hydrogens (tertiary/aromatic N) is 2. The van der Waals surface area contributed by atoms with Crippen LogP contribution in [-0.2, 0) is 4.79 Å². The van der Waals surface area contributed by atoms with Gasteiger partial charge in [0, 0.05) is 22.2 Å². The lowest BCUT2D eigenvalue weighted by molar-refractivity contribution is -0.115. The first-order valence-electron chi connectivity index (χ1n) is 7.85. The van der Waals surface area contributed by atoms with Crippen LogP contribution in [0.2, 0.25) is 0 Å². The maximum Gasteiger partial charge on any atom is 0.258 e. The van der Waals surface area contributed by atoms with Crippen LogP contribution >= 0.6 is 11.3 Å². The van der Waals surface area contributed by atoms with E-state index in [1.54, 1.807) is 29.5 Å². The molecule has 0 fully saturated rings. The summed E-state index contributed by atoms with van der Waals surface area (Å²) in [6, 6.07) is 14.7. The van der Waals surface area contributed by atoms with Crippen LogP contribution in [0.4, 0.5) is 11.4 Å². The number of fused-ring (bicyclic) bond motifs is 1. The molecule has 0 bridgehead atoms. The van der Waals surface area contributed by atoms with Crippen LogP contribution in [-0.4, -0.2) is 23.3 Å². The zero-order valence-electron chi connectivity index (χ0n) is 13.5. The third-order valence-corrected chi connectivity index (χ3v) is 5.02. The minimum atomic E-state index is -0.193. The second kappa shape index (κ2) is 6.14. The highest BCUT2D eigenvalue weighted by molar-refractivity contribution is 7.13. The van der Waals surface area contributed by atoms with E-state index in [2.05, 4.69) is 10.3 Å². The normalized spacial score (nSPS) is 13.3. The molecule has 124 valence electrons. The summed E-state index contributed by atoms with van der Waals surface area (Å²) >= 11 is 1.58.